The number of halogens is 2. The van der Waals surface area contributed by atoms with Crippen LogP contribution in [-0.4, -0.2) is 61.1 Å². The molecule has 214 valence electrons. The molecular weight excluding hydrogens is 576 g/mol. The Bertz CT molecular complexity index is 1600. The van der Waals surface area contributed by atoms with Crippen molar-refractivity contribution in [2.24, 2.45) is 0 Å². The molecule has 2 heterocycles. The van der Waals surface area contributed by atoms with E-state index in [1.165, 1.54) is 29.6 Å². The number of likely N-dealkylation sites (tertiary alicyclic amines) is 1. The Hall–Kier alpha value is -4.22. The fraction of sp³-hybridized carbons (Fsp3) is 0.296. The molecule has 1 fully saturated rings. The van der Waals surface area contributed by atoms with E-state index in [4.69, 9.17) is 5.26 Å². The first-order valence-corrected chi connectivity index (χ1v) is 14.9. The number of nitrogens with one attached hydrogen (secondary N) is 2. The van der Waals surface area contributed by atoms with Crippen molar-refractivity contribution < 1.29 is 31.6 Å². The molecule has 0 bridgehead atoms. The predicted octanol–water partition coefficient (Wildman–Crippen LogP) is 2.85. The topological polar surface area (TPSA) is 149 Å². The molecule has 3 aromatic rings. The Kier molecular flexibility index (Phi) is 8.79. The van der Waals surface area contributed by atoms with Gasteiger partial charge >= 0.3 is 0 Å². The van der Waals surface area contributed by atoms with Gasteiger partial charge < -0.3 is 15.5 Å². The maximum atomic E-state index is 13.6. The number of sulfone groups is 1. The number of aromatic nitrogens is 1. The second kappa shape index (κ2) is 12.1. The fourth-order valence-corrected chi connectivity index (χ4v) is 6.48. The van der Waals surface area contributed by atoms with E-state index in [0.29, 0.717) is 6.54 Å². The zero-order valence-electron chi connectivity index (χ0n) is 21.8. The number of nitriles is 1. The number of thiazole rings is 1. The van der Waals surface area contributed by atoms with Crippen LogP contribution in [-0.2, 0) is 26.9 Å². The highest BCUT2D eigenvalue weighted by atomic mass is 32.2. The van der Waals surface area contributed by atoms with E-state index < -0.39 is 58.9 Å². The summed E-state index contributed by atoms with van der Waals surface area (Å²) in [6, 6.07) is 13.5. The van der Waals surface area contributed by atoms with Gasteiger partial charge in [-0.15, -0.1) is 11.3 Å². The van der Waals surface area contributed by atoms with Crippen LogP contribution in [0.5, 0.6) is 0 Å². The van der Waals surface area contributed by atoms with E-state index >= 15 is 0 Å². The molecule has 0 unspecified atom stereocenters. The molecule has 1 aliphatic heterocycles. The number of benzene rings is 2. The van der Waals surface area contributed by atoms with Crippen molar-refractivity contribution >= 4 is 38.9 Å². The van der Waals surface area contributed by atoms with Crippen LogP contribution in [0.4, 0.5) is 8.78 Å². The van der Waals surface area contributed by atoms with Gasteiger partial charge in [0.2, 0.25) is 5.91 Å². The second-order valence-corrected chi connectivity index (χ2v) is 12.4. The van der Waals surface area contributed by atoms with Crippen LogP contribution in [0.3, 0.4) is 0 Å². The lowest BCUT2D eigenvalue weighted by atomic mass is 10.1. The standard InChI is InChI=1S/C27H25F2N5O5S2/c1-17-2-4-18(5-3-17)12-31-25(36)19-6-8-21(9-7-19)41(38,39)15-23-33-22(14-40-23)26(37)32-13-24(35)34-16-27(28,29)10-20(34)11-30/h2-9,14,20H,10,12-13,15-16H2,1H3,(H,31,36)(H,32,37)/t20-/m0/s1. The number of hydrogen-bond donors (Lipinski definition) is 2. The van der Waals surface area contributed by atoms with E-state index in [-0.39, 0.29) is 27.1 Å². The van der Waals surface area contributed by atoms with Crippen LogP contribution < -0.4 is 10.6 Å². The molecule has 1 aliphatic rings. The molecule has 4 rings (SSSR count). The first-order chi connectivity index (χ1) is 19.4. The average molecular weight is 602 g/mol. The average Bonchev–Trinajstić information content (AvgIpc) is 3.54. The van der Waals surface area contributed by atoms with Gasteiger partial charge in [0.25, 0.3) is 17.7 Å². The summed E-state index contributed by atoms with van der Waals surface area (Å²) in [4.78, 5) is 41.8. The minimum atomic E-state index is -3.86. The van der Waals surface area contributed by atoms with Crippen LogP contribution in [0.2, 0.25) is 0 Å². The normalized spacial score (nSPS) is 16.1. The molecule has 0 radical (unpaired) electrons. The van der Waals surface area contributed by atoms with Crippen molar-refractivity contribution in [3.8, 4) is 6.07 Å². The van der Waals surface area contributed by atoms with E-state index in [0.717, 1.165) is 27.4 Å². The van der Waals surface area contributed by atoms with Crippen LogP contribution in [0, 0.1) is 18.3 Å². The quantitative estimate of drug-likeness (QED) is 0.383. The Labute approximate surface area is 238 Å². The number of nitrogens with zero attached hydrogens (tertiary/aromatic N) is 3. The van der Waals surface area contributed by atoms with E-state index in [2.05, 4.69) is 15.6 Å². The maximum absolute atomic E-state index is 13.6. The Morgan fingerprint density at radius 3 is 2.44 bits per heavy atom. The molecule has 10 nitrogen and oxygen atoms in total. The largest absolute Gasteiger partial charge is 0.348 e. The van der Waals surface area contributed by atoms with Gasteiger partial charge in [-0.1, -0.05) is 29.8 Å². The van der Waals surface area contributed by atoms with Crippen LogP contribution in [0.15, 0.2) is 58.8 Å². The van der Waals surface area contributed by atoms with E-state index in [1.54, 1.807) is 6.07 Å². The summed E-state index contributed by atoms with van der Waals surface area (Å²) >= 11 is 0.923. The Morgan fingerprint density at radius 1 is 1.10 bits per heavy atom. The van der Waals surface area contributed by atoms with Gasteiger partial charge in [0.1, 0.15) is 22.5 Å². The Balaban J connectivity index is 1.31. The molecule has 2 aromatic carbocycles. The number of rotatable bonds is 9. The van der Waals surface area contributed by atoms with Crippen LogP contribution in [0.1, 0.15) is 43.4 Å². The minimum Gasteiger partial charge on any atom is -0.348 e. The van der Waals surface area contributed by atoms with Crippen molar-refractivity contribution in [2.45, 2.75) is 42.5 Å². The summed E-state index contributed by atoms with van der Waals surface area (Å²) in [5, 5.41) is 15.5. The number of amides is 3. The molecule has 0 spiro atoms. The summed E-state index contributed by atoms with van der Waals surface area (Å²) < 4.78 is 52.9. The third-order valence-electron chi connectivity index (χ3n) is 6.29. The van der Waals surface area contributed by atoms with Crippen molar-refractivity contribution in [3.63, 3.8) is 0 Å². The summed E-state index contributed by atoms with van der Waals surface area (Å²) in [6.45, 7) is 0.757. The lowest BCUT2D eigenvalue weighted by molar-refractivity contribution is -0.131. The van der Waals surface area contributed by atoms with Crippen molar-refractivity contribution in [1.29, 1.82) is 5.26 Å². The molecular formula is C27H25F2N5O5S2. The van der Waals surface area contributed by atoms with Gasteiger partial charge in [0.15, 0.2) is 9.84 Å². The third kappa shape index (κ3) is 7.50. The molecule has 1 saturated heterocycles. The highest BCUT2D eigenvalue weighted by molar-refractivity contribution is 7.90. The Morgan fingerprint density at radius 2 is 1.78 bits per heavy atom. The van der Waals surface area contributed by atoms with Crippen molar-refractivity contribution in [1.82, 2.24) is 20.5 Å². The predicted molar refractivity (Wildman–Crippen MR) is 145 cm³/mol. The molecule has 3 amide bonds. The first-order valence-electron chi connectivity index (χ1n) is 12.3. The molecule has 2 N–H and O–H groups in total. The highest BCUT2D eigenvalue weighted by Crippen LogP contribution is 2.31. The van der Waals surface area contributed by atoms with Crippen LogP contribution >= 0.6 is 11.3 Å². The molecule has 41 heavy (non-hydrogen) atoms. The number of aryl methyl sites for hydroxylation is 1. The van der Waals surface area contributed by atoms with Crippen molar-refractivity contribution in [3.05, 3.63) is 81.3 Å². The number of carbonyl (C=O) groups excluding carboxylic acids is 3. The number of carbonyl (C=O) groups is 3. The summed E-state index contributed by atoms with van der Waals surface area (Å²) in [5.74, 6) is -5.67. The lowest BCUT2D eigenvalue weighted by Crippen LogP contribution is -2.43. The van der Waals surface area contributed by atoms with Gasteiger partial charge in [0.05, 0.1) is 24.1 Å². The van der Waals surface area contributed by atoms with E-state index in [9.17, 15) is 31.6 Å². The first kappa shape index (κ1) is 29.8. The van der Waals surface area contributed by atoms with Crippen molar-refractivity contribution in [2.75, 3.05) is 13.1 Å². The van der Waals surface area contributed by atoms with Gasteiger partial charge in [0, 0.05) is 23.9 Å². The number of alkyl halides is 2. The summed E-state index contributed by atoms with van der Waals surface area (Å²) in [5.41, 5.74) is 2.18. The van der Waals surface area contributed by atoms with Gasteiger partial charge in [-0.05, 0) is 36.8 Å². The monoisotopic (exact) mass is 601 g/mol. The fourth-order valence-electron chi connectivity index (χ4n) is 4.07. The second-order valence-electron chi connectivity index (χ2n) is 9.49. The smallest absolute Gasteiger partial charge is 0.271 e. The minimum absolute atomic E-state index is 0.0335. The number of hydrogen-bond acceptors (Lipinski definition) is 8. The van der Waals surface area contributed by atoms with E-state index in [1.807, 2.05) is 31.2 Å². The zero-order valence-corrected chi connectivity index (χ0v) is 23.4. The van der Waals surface area contributed by atoms with Crippen LogP contribution in [0.25, 0.3) is 0 Å². The SMILES string of the molecule is Cc1ccc(CNC(=O)c2ccc(S(=O)(=O)Cc3nc(C(=O)NCC(=O)N4CC(F)(F)C[C@H]4C#N)cs3)cc2)cc1. The summed E-state index contributed by atoms with van der Waals surface area (Å²) in [6.07, 6.45) is -0.767. The molecule has 0 saturated carbocycles. The molecule has 0 aliphatic carbocycles. The molecule has 14 heteroatoms. The van der Waals surface area contributed by atoms with Gasteiger partial charge in [-0.3, -0.25) is 14.4 Å². The lowest BCUT2D eigenvalue weighted by Gasteiger charge is -2.19. The molecule has 1 atom stereocenters. The third-order valence-corrected chi connectivity index (χ3v) is 8.96. The van der Waals surface area contributed by atoms with Gasteiger partial charge in [-0.25, -0.2) is 22.2 Å². The highest BCUT2D eigenvalue weighted by Gasteiger charge is 2.47. The summed E-state index contributed by atoms with van der Waals surface area (Å²) in [7, 11) is -3.86. The zero-order chi connectivity index (χ0) is 29.8. The maximum Gasteiger partial charge on any atom is 0.271 e. The van der Waals surface area contributed by atoms with Gasteiger partial charge in [-0.2, -0.15) is 5.26 Å². The molecule has 1 aromatic heterocycles.